The molecule has 1 fully saturated rings. The highest BCUT2D eigenvalue weighted by molar-refractivity contribution is 4.81. The smallest absolute Gasteiger partial charge is 0.0167 e. The van der Waals surface area contributed by atoms with E-state index in [1.54, 1.807) is 0 Å². The van der Waals surface area contributed by atoms with Gasteiger partial charge in [-0.05, 0) is 32.1 Å². The second-order valence-electron chi connectivity index (χ2n) is 1.53. The fourth-order valence-corrected chi connectivity index (χ4v) is 0.604. The molecule has 0 amide bonds. The third kappa shape index (κ3) is 1.00. The topological polar surface area (TPSA) is 0 Å². The molecule has 0 N–H and O–H groups in total. The Morgan fingerprint density at radius 1 is 1.00 bits per heavy atom. The number of hydrogen-bond donors (Lipinski definition) is 0. The zero-order valence-corrected chi connectivity index (χ0v) is 3.83. The molecule has 1 rings (SSSR count). The van der Waals surface area contributed by atoms with Crippen molar-refractivity contribution in [2.24, 2.45) is 0 Å². The van der Waals surface area contributed by atoms with Gasteiger partial charge in [-0.2, -0.15) is 0 Å². The third-order valence-corrected chi connectivity index (χ3v) is 0.957. The molecule has 32 valence electrons. The van der Waals surface area contributed by atoms with Crippen LogP contribution in [-0.2, 0) is 0 Å². The van der Waals surface area contributed by atoms with E-state index in [9.17, 15) is 0 Å². The molecule has 1 saturated carbocycles. The van der Waals surface area contributed by atoms with Gasteiger partial charge in [0.05, 0.1) is 0 Å². The molecule has 0 aliphatic heterocycles. The largest absolute Gasteiger partial charge is 0.0522 e. The SMILES string of the molecule is [C]1C[C]CCC1. The van der Waals surface area contributed by atoms with Crippen LogP contribution in [0.4, 0.5) is 0 Å². The van der Waals surface area contributed by atoms with Gasteiger partial charge in [0.1, 0.15) is 0 Å². The highest BCUT2D eigenvalue weighted by Crippen LogP contribution is 2.13. The third-order valence-electron chi connectivity index (χ3n) is 0.957. The summed E-state index contributed by atoms with van der Waals surface area (Å²) in [6.45, 7) is 0. The van der Waals surface area contributed by atoms with E-state index in [0.29, 0.717) is 0 Å². The Hall–Kier alpha value is 0. The predicted octanol–water partition coefficient (Wildman–Crippen LogP) is 1.72. The van der Waals surface area contributed by atoms with E-state index in [2.05, 4.69) is 12.8 Å². The summed E-state index contributed by atoms with van der Waals surface area (Å²) >= 11 is 0. The molecule has 0 aromatic rings. The standard InChI is InChI=1S/C6H8/c1-2-4-6-5-3-1/h1-3,6H2. The average molecular weight is 80.1 g/mol. The van der Waals surface area contributed by atoms with Gasteiger partial charge < -0.3 is 0 Å². The quantitative estimate of drug-likeness (QED) is 0.415. The Morgan fingerprint density at radius 3 is 1.83 bits per heavy atom. The first-order valence-electron chi connectivity index (χ1n) is 2.41. The van der Waals surface area contributed by atoms with Crippen molar-refractivity contribution in [2.75, 3.05) is 0 Å². The second kappa shape index (κ2) is 2.22. The summed E-state index contributed by atoms with van der Waals surface area (Å²) in [6, 6.07) is 0. The van der Waals surface area contributed by atoms with E-state index in [0.717, 1.165) is 6.42 Å². The molecule has 1 aliphatic rings. The minimum Gasteiger partial charge on any atom is -0.0522 e. The summed E-state index contributed by atoms with van der Waals surface area (Å²) in [4.78, 5) is 0. The van der Waals surface area contributed by atoms with Gasteiger partial charge in [0, 0.05) is 0 Å². The molecule has 1 aliphatic carbocycles. The lowest BCUT2D eigenvalue weighted by Gasteiger charge is -2.04. The molecular formula is C6H8. The second-order valence-corrected chi connectivity index (χ2v) is 1.53. The van der Waals surface area contributed by atoms with Crippen molar-refractivity contribution in [3.05, 3.63) is 12.8 Å². The van der Waals surface area contributed by atoms with Crippen molar-refractivity contribution in [2.45, 2.75) is 25.7 Å². The van der Waals surface area contributed by atoms with Gasteiger partial charge in [0.2, 0.25) is 0 Å². The van der Waals surface area contributed by atoms with Gasteiger partial charge in [0.25, 0.3) is 0 Å². The molecule has 0 heterocycles. The molecule has 0 atom stereocenters. The monoisotopic (exact) mass is 80.1 g/mol. The van der Waals surface area contributed by atoms with Crippen LogP contribution in [0.15, 0.2) is 0 Å². The first-order valence-corrected chi connectivity index (χ1v) is 2.41. The Balaban J connectivity index is 2.00. The van der Waals surface area contributed by atoms with E-state index < -0.39 is 0 Å². The normalized spacial score (nSPS) is 24.0. The van der Waals surface area contributed by atoms with Gasteiger partial charge in [0.15, 0.2) is 0 Å². The molecule has 4 radical (unpaired) electrons. The fourth-order valence-electron chi connectivity index (χ4n) is 0.604. The van der Waals surface area contributed by atoms with Gasteiger partial charge >= 0.3 is 0 Å². The minimum absolute atomic E-state index is 1.00. The highest BCUT2D eigenvalue weighted by atomic mass is 14.0. The zero-order valence-electron chi connectivity index (χ0n) is 3.83. The van der Waals surface area contributed by atoms with Crippen LogP contribution in [0.1, 0.15) is 25.7 Å². The molecular weight excluding hydrogens is 72.1 g/mol. The van der Waals surface area contributed by atoms with E-state index in [1.165, 1.54) is 19.3 Å². The minimum atomic E-state index is 1.00. The van der Waals surface area contributed by atoms with Crippen molar-refractivity contribution < 1.29 is 0 Å². The first kappa shape index (κ1) is 4.17. The van der Waals surface area contributed by atoms with E-state index in [-0.39, 0.29) is 0 Å². The van der Waals surface area contributed by atoms with Crippen molar-refractivity contribution in [1.82, 2.24) is 0 Å². The summed E-state index contributed by atoms with van der Waals surface area (Å²) in [7, 11) is 0. The molecule has 0 unspecified atom stereocenters. The lowest BCUT2D eigenvalue weighted by Crippen LogP contribution is -1.88. The summed E-state index contributed by atoms with van der Waals surface area (Å²) < 4.78 is 0. The fraction of sp³-hybridized carbons (Fsp3) is 0.667. The van der Waals surface area contributed by atoms with Crippen LogP contribution in [0.3, 0.4) is 0 Å². The average Bonchev–Trinajstić information content (AvgIpc) is 1.72. The maximum Gasteiger partial charge on any atom is -0.0167 e. The summed E-state index contributed by atoms with van der Waals surface area (Å²) in [6.07, 6.45) is 11.0. The number of rotatable bonds is 0. The molecule has 0 spiro atoms. The lowest BCUT2D eigenvalue weighted by molar-refractivity contribution is 0.699. The van der Waals surface area contributed by atoms with E-state index in [4.69, 9.17) is 0 Å². The molecule has 0 aromatic heterocycles. The van der Waals surface area contributed by atoms with Crippen molar-refractivity contribution in [1.29, 1.82) is 0 Å². The molecule has 0 heteroatoms. The van der Waals surface area contributed by atoms with Crippen molar-refractivity contribution >= 4 is 0 Å². The van der Waals surface area contributed by atoms with E-state index in [1.807, 2.05) is 0 Å². The maximum absolute atomic E-state index is 3.17. The van der Waals surface area contributed by atoms with Crippen LogP contribution in [0.2, 0.25) is 0 Å². The van der Waals surface area contributed by atoms with Crippen molar-refractivity contribution in [3.8, 4) is 0 Å². The Morgan fingerprint density at radius 2 is 1.67 bits per heavy atom. The molecule has 0 nitrogen and oxygen atoms in total. The van der Waals surface area contributed by atoms with Crippen LogP contribution in [-0.4, -0.2) is 0 Å². The molecule has 6 heavy (non-hydrogen) atoms. The van der Waals surface area contributed by atoms with Crippen molar-refractivity contribution in [3.63, 3.8) is 0 Å². The van der Waals surface area contributed by atoms with Crippen LogP contribution < -0.4 is 0 Å². The molecule has 0 saturated heterocycles. The Bertz CT molecular complexity index is 15.5. The summed E-state index contributed by atoms with van der Waals surface area (Å²) in [5.41, 5.74) is 0. The molecule has 0 bridgehead atoms. The van der Waals surface area contributed by atoms with Gasteiger partial charge in [-0.1, -0.05) is 6.42 Å². The predicted molar refractivity (Wildman–Crippen MR) is 25.0 cm³/mol. The Kier molecular flexibility index (Phi) is 1.54. The first-order chi connectivity index (χ1) is 3.00. The van der Waals surface area contributed by atoms with Gasteiger partial charge in [-0.3, -0.25) is 0 Å². The van der Waals surface area contributed by atoms with Gasteiger partial charge in [-0.15, -0.1) is 0 Å². The summed E-state index contributed by atoms with van der Waals surface area (Å²) in [5, 5.41) is 0. The molecule has 0 aromatic carbocycles. The number of hydrogen-bond acceptors (Lipinski definition) is 0. The maximum atomic E-state index is 3.17. The summed E-state index contributed by atoms with van der Waals surface area (Å²) in [5.74, 6) is 0. The van der Waals surface area contributed by atoms with Gasteiger partial charge in [-0.25, -0.2) is 0 Å². The lowest BCUT2D eigenvalue weighted by atomic mass is 10.0. The Labute approximate surface area is 39.6 Å². The van der Waals surface area contributed by atoms with Crippen LogP contribution in [0.5, 0.6) is 0 Å². The van der Waals surface area contributed by atoms with E-state index >= 15 is 0 Å². The van der Waals surface area contributed by atoms with Crippen LogP contribution in [0, 0.1) is 12.8 Å². The zero-order chi connectivity index (χ0) is 4.24. The highest BCUT2D eigenvalue weighted by Gasteiger charge is 1.97. The van der Waals surface area contributed by atoms with Crippen LogP contribution in [0.25, 0.3) is 0 Å². The van der Waals surface area contributed by atoms with Crippen LogP contribution >= 0.6 is 0 Å².